The van der Waals surface area contributed by atoms with Crippen LogP contribution in [0.15, 0.2) is 12.4 Å². The molecule has 1 aliphatic carbocycles. The molecule has 0 spiro atoms. The molecule has 1 unspecified atom stereocenters. The van der Waals surface area contributed by atoms with Crippen LogP contribution in [0.4, 0.5) is 4.79 Å². The van der Waals surface area contributed by atoms with Crippen LogP contribution >= 0.6 is 0 Å². The summed E-state index contributed by atoms with van der Waals surface area (Å²) in [6, 6.07) is 0.811. The minimum absolute atomic E-state index is 0.0226. The lowest BCUT2D eigenvalue weighted by molar-refractivity contribution is 0.0928. The Morgan fingerprint density at radius 1 is 1.26 bits per heavy atom. The third-order valence-electron chi connectivity index (χ3n) is 4.71. The Morgan fingerprint density at radius 3 is 2.70 bits per heavy atom. The zero-order valence-corrected chi connectivity index (χ0v) is 13.8. The maximum absolute atomic E-state index is 12.4. The van der Waals surface area contributed by atoms with Crippen molar-refractivity contribution in [1.29, 1.82) is 0 Å². The summed E-state index contributed by atoms with van der Waals surface area (Å²) in [4.78, 5) is 22.7. The molecule has 6 heteroatoms. The van der Waals surface area contributed by atoms with Crippen molar-refractivity contribution in [3.05, 3.63) is 18.0 Å². The summed E-state index contributed by atoms with van der Waals surface area (Å²) in [5, 5.41) is 3.15. The molecule has 3 rings (SSSR count). The van der Waals surface area contributed by atoms with Gasteiger partial charge in [-0.3, -0.25) is 0 Å². The van der Waals surface area contributed by atoms with Gasteiger partial charge in [-0.25, -0.2) is 14.8 Å². The number of carbonyl (C=O) groups excluding carboxylic acids is 1. The van der Waals surface area contributed by atoms with Gasteiger partial charge in [-0.15, -0.1) is 0 Å². The number of hydrogen-bond donors (Lipinski definition) is 1. The molecule has 126 valence electrons. The molecule has 2 heterocycles. The van der Waals surface area contributed by atoms with E-state index in [1.807, 2.05) is 4.90 Å². The average molecular weight is 318 g/mol. The van der Waals surface area contributed by atoms with Crippen molar-refractivity contribution in [2.24, 2.45) is 0 Å². The lowest BCUT2D eigenvalue weighted by Gasteiger charge is -2.33. The molecular weight excluding hydrogens is 292 g/mol. The first-order valence-corrected chi connectivity index (χ1v) is 8.77. The van der Waals surface area contributed by atoms with Crippen LogP contribution in [0.1, 0.15) is 51.0 Å². The Bertz CT molecular complexity index is 514. The number of nitrogens with one attached hydrogen (secondary N) is 1. The van der Waals surface area contributed by atoms with Crippen molar-refractivity contribution in [1.82, 2.24) is 20.2 Å². The first kappa shape index (κ1) is 16.0. The topological polar surface area (TPSA) is 67.3 Å². The zero-order valence-electron chi connectivity index (χ0n) is 13.8. The van der Waals surface area contributed by atoms with E-state index >= 15 is 0 Å². The van der Waals surface area contributed by atoms with E-state index in [0.717, 1.165) is 44.2 Å². The molecule has 6 nitrogen and oxygen atoms in total. The highest BCUT2D eigenvalue weighted by atomic mass is 16.5. The maximum atomic E-state index is 12.4. The van der Waals surface area contributed by atoms with Crippen molar-refractivity contribution >= 4 is 6.03 Å². The molecule has 0 radical (unpaired) electrons. The van der Waals surface area contributed by atoms with Crippen LogP contribution in [0.5, 0.6) is 6.01 Å². The van der Waals surface area contributed by atoms with Gasteiger partial charge in [-0.2, -0.15) is 0 Å². The van der Waals surface area contributed by atoms with E-state index in [0.29, 0.717) is 18.6 Å². The smallest absolute Gasteiger partial charge is 0.317 e. The van der Waals surface area contributed by atoms with E-state index < -0.39 is 0 Å². The molecule has 23 heavy (non-hydrogen) atoms. The number of hydrogen-bond acceptors (Lipinski definition) is 4. The minimum atomic E-state index is -0.0226. The molecule has 1 saturated carbocycles. The lowest BCUT2D eigenvalue weighted by Crippen LogP contribution is -2.50. The van der Waals surface area contributed by atoms with E-state index in [2.05, 4.69) is 22.2 Å². The Kier molecular flexibility index (Phi) is 5.31. The molecule has 1 aliphatic heterocycles. The Morgan fingerprint density at radius 2 is 2.00 bits per heavy atom. The summed E-state index contributed by atoms with van der Waals surface area (Å²) >= 11 is 0. The summed E-state index contributed by atoms with van der Waals surface area (Å²) in [5.74, 6) is 0. The predicted molar refractivity (Wildman–Crippen MR) is 87.4 cm³/mol. The number of nitrogens with zero attached hydrogens (tertiary/aromatic N) is 3. The molecule has 1 atom stereocenters. The van der Waals surface area contributed by atoms with Gasteiger partial charge < -0.3 is 15.0 Å². The number of ether oxygens (including phenoxy) is 1. The molecule has 1 N–H and O–H groups in total. The predicted octanol–water partition coefficient (Wildman–Crippen LogP) is 2.53. The second-order valence-corrected chi connectivity index (χ2v) is 6.49. The molecule has 0 bridgehead atoms. The SMILES string of the molecule is CCc1cnc(OC2CCCN(C(=O)NC3CCCC3)C2)nc1. The number of amides is 2. The molecule has 2 aliphatic rings. The van der Waals surface area contributed by atoms with Gasteiger partial charge in [-0.1, -0.05) is 19.8 Å². The van der Waals surface area contributed by atoms with Crippen molar-refractivity contribution in [3.8, 4) is 6.01 Å². The molecule has 1 aromatic heterocycles. The minimum Gasteiger partial charge on any atom is -0.458 e. The monoisotopic (exact) mass is 318 g/mol. The summed E-state index contributed by atoms with van der Waals surface area (Å²) < 4.78 is 5.86. The molecule has 2 fully saturated rings. The summed E-state index contributed by atoms with van der Waals surface area (Å²) in [7, 11) is 0. The number of piperidine rings is 1. The van der Waals surface area contributed by atoms with Crippen molar-refractivity contribution in [2.45, 2.75) is 64.0 Å². The lowest BCUT2D eigenvalue weighted by atomic mass is 10.1. The van der Waals surface area contributed by atoms with Gasteiger partial charge in [0.1, 0.15) is 6.10 Å². The highest BCUT2D eigenvalue weighted by Gasteiger charge is 2.27. The van der Waals surface area contributed by atoms with Crippen LogP contribution < -0.4 is 10.1 Å². The number of carbonyl (C=O) groups is 1. The van der Waals surface area contributed by atoms with Gasteiger partial charge in [0.2, 0.25) is 0 Å². The highest BCUT2D eigenvalue weighted by molar-refractivity contribution is 5.74. The van der Waals surface area contributed by atoms with E-state index in [-0.39, 0.29) is 12.1 Å². The van der Waals surface area contributed by atoms with Crippen LogP contribution in [0, 0.1) is 0 Å². The van der Waals surface area contributed by atoms with Gasteiger partial charge in [0, 0.05) is 25.0 Å². The van der Waals surface area contributed by atoms with Crippen molar-refractivity contribution in [3.63, 3.8) is 0 Å². The van der Waals surface area contributed by atoms with E-state index in [1.165, 1.54) is 12.8 Å². The quantitative estimate of drug-likeness (QED) is 0.926. The fourth-order valence-electron chi connectivity index (χ4n) is 3.29. The van der Waals surface area contributed by atoms with Crippen LogP contribution in [0.2, 0.25) is 0 Å². The Hall–Kier alpha value is -1.85. The molecule has 0 aromatic carbocycles. The van der Waals surface area contributed by atoms with Gasteiger partial charge >= 0.3 is 12.0 Å². The van der Waals surface area contributed by atoms with Gasteiger partial charge in [0.15, 0.2) is 0 Å². The van der Waals surface area contributed by atoms with Crippen LogP contribution in [0.3, 0.4) is 0 Å². The average Bonchev–Trinajstić information content (AvgIpc) is 3.09. The largest absolute Gasteiger partial charge is 0.458 e. The van der Waals surface area contributed by atoms with E-state index in [1.54, 1.807) is 12.4 Å². The molecule has 1 aromatic rings. The van der Waals surface area contributed by atoms with Crippen molar-refractivity contribution in [2.75, 3.05) is 13.1 Å². The Labute approximate surface area is 137 Å². The number of urea groups is 1. The highest BCUT2D eigenvalue weighted by Crippen LogP contribution is 2.19. The number of rotatable bonds is 4. The number of aryl methyl sites for hydroxylation is 1. The first-order valence-electron chi connectivity index (χ1n) is 8.77. The van der Waals surface area contributed by atoms with E-state index in [4.69, 9.17) is 4.74 Å². The normalized spacial score (nSPS) is 22.1. The first-order chi connectivity index (χ1) is 11.2. The summed E-state index contributed by atoms with van der Waals surface area (Å²) in [6.07, 6.45) is 11.1. The van der Waals surface area contributed by atoms with Gasteiger partial charge in [-0.05, 0) is 37.7 Å². The van der Waals surface area contributed by atoms with Crippen LogP contribution in [-0.2, 0) is 6.42 Å². The fourth-order valence-corrected chi connectivity index (χ4v) is 3.29. The molecule has 1 saturated heterocycles. The number of likely N-dealkylation sites (tertiary alicyclic amines) is 1. The summed E-state index contributed by atoms with van der Waals surface area (Å²) in [6.45, 7) is 3.48. The fraction of sp³-hybridized carbons (Fsp3) is 0.706. The van der Waals surface area contributed by atoms with Crippen molar-refractivity contribution < 1.29 is 9.53 Å². The standard InChI is InChI=1S/C17H26N4O2/c1-2-13-10-18-16(19-11-13)23-15-8-5-9-21(12-15)17(22)20-14-6-3-4-7-14/h10-11,14-15H,2-9,12H2,1H3,(H,20,22). The molecular formula is C17H26N4O2. The van der Waals surface area contributed by atoms with Crippen LogP contribution in [-0.4, -0.2) is 46.1 Å². The summed E-state index contributed by atoms with van der Waals surface area (Å²) in [5.41, 5.74) is 1.10. The second kappa shape index (κ2) is 7.62. The Balaban J connectivity index is 1.51. The van der Waals surface area contributed by atoms with Crippen LogP contribution in [0.25, 0.3) is 0 Å². The van der Waals surface area contributed by atoms with E-state index in [9.17, 15) is 4.79 Å². The van der Waals surface area contributed by atoms with Gasteiger partial charge in [0.05, 0.1) is 6.54 Å². The van der Waals surface area contributed by atoms with Gasteiger partial charge in [0.25, 0.3) is 0 Å². The molecule has 2 amide bonds. The zero-order chi connectivity index (χ0) is 16.1. The maximum Gasteiger partial charge on any atom is 0.317 e. The third kappa shape index (κ3) is 4.33. The third-order valence-corrected chi connectivity index (χ3v) is 4.71. The number of aromatic nitrogens is 2. The second-order valence-electron chi connectivity index (χ2n) is 6.49.